The van der Waals surface area contributed by atoms with Crippen LogP contribution in [0.4, 0.5) is 5.69 Å². The predicted octanol–water partition coefficient (Wildman–Crippen LogP) is 4.21. The number of hydrogen-bond donors (Lipinski definition) is 1. The minimum absolute atomic E-state index is 0.0137. The molecule has 0 unspecified atom stereocenters. The van der Waals surface area contributed by atoms with Crippen LogP contribution in [-0.4, -0.2) is 21.8 Å². The molecule has 1 amide bonds. The van der Waals surface area contributed by atoms with Gasteiger partial charge in [-0.05, 0) is 40.5 Å². The molecule has 0 bridgehead atoms. The Morgan fingerprint density at radius 1 is 1.24 bits per heavy atom. The van der Waals surface area contributed by atoms with E-state index in [0.717, 1.165) is 12.1 Å². The monoisotopic (exact) mass is 359 g/mol. The summed E-state index contributed by atoms with van der Waals surface area (Å²) in [6, 6.07) is 6.30. The van der Waals surface area contributed by atoms with Crippen molar-refractivity contribution in [1.82, 2.24) is 10.1 Å². The molecule has 2 aromatic rings. The van der Waals surface area contributed by atoms with E-state index in [1.165, 1.54) is 22.9 Å². The Hall–Kier alpha value is -1.82. The molecule has 1 heterocycles. The first-order chi connectivity index (χ1) is 11.7. The molecule has 1 aliphatic carbocycles. The summed E-state index contributed by atoms with van der Waals surface area (Å²) in [5, 5.41) is 6.83. The standard InChI is InChI=1S/C19H25N3O2S/c1-12-20-16(22-24-12)9-25-10-17(23)21-13-6-7-14-15(8-13)19(4,5)11-18(14,2)3/h6-8H,9-11H2,1-5H3,(H,21,23). The topological polar surface area (TPSA) is 68.0 Å². The van der Waals surface area contributed by atoms with Crippen molar-refractivity contribution in [3.63, 3.8) is 0 Å². The van der Waals surface area contributed by atoms with Crippen molar-refractivity contribution < 1.29 is 9.32 Å². The molecule has 6 heteroatoms. The number of rotatable bonds is 5. The highest BCUT2D eigenvalue weighted by Crippen LogP contribution is 2.49. The summed E-state index contributed by atoms with van der Waals surface area (Å²) in [7, 11) is 0. The first-order valence-corrected chi connectivity index (χ1v) is 9.65. The summed E-state index contributed by atoms with van der Waals surface area (Å²) in [5.74, 6) is 2.08. The fraction of sp³-hybridized carbons (Fsp3) is 0.526. The molecule has 134 valence electrons. The molecule has 1 aromatic carbocycles. The van der Waals surface area contributed by atoms with Crippen molar-refractivity contribution in [3.8, 4) is 0 Å². The van der Waals surface area contributed by atoms with Crippen LogP contribution in [-0.2, 0) is 21.4 Å². The first kappa shape index (κ1) is 18.0. The number of carbonyl (C=O) groups is 1. The third kappa shape index (κ3) is 3.89. The van der Waals surface area contributed by atoms with Gasteiger partial charge in [0.2, 0.25) is 11.8 Å². The fourth-order valence-electron chi connectivity index (χ4n) is 3.90. The molecule has 1 N–H and O–H groups in total. The van der Waals surface area contributed by atoms with Crippen molar-refractivity contribution in [3.05, 3.63) is 41.0 Å². The largest absolute Gasteiger partial charge is 0.340 e. The molecule has 0 atom stereocenters. The molecule has 0 fully saturated rings. The number of nitrogens with zero attached hydrogens (tertiary/aromatic N) is 2. The summed E-state index contributed by atoms with van der Waals surface area (Å²) in [6.07, 6.45) is 1.12. The lowest BCUT2D eigenvalue weighted by atomic mass is 9.82. The number of fused-ring (bicyclic) bond motifs is 1. The average molecular weight is 359 g/mol. The Labute approximate surface area is 153 Å². The normalized spacial score (nSPS) is 17.3. The van der Waals surface area contributed by atoms with Gasteiger partial charge in [0.15, 0.2) is 5.82 Å². The van der Waals surface area contributed by atoms with Crippen LogP contribution in [0.5, 0.6) is 0 Å². The maximum Gasteiger partial charge on any atom is 0.234 e. The predicted molar refractivity (Wildman–Crippen MR) is 101 cm³/mol. The lowest BCUT2D eigenvalue weighted by Crippen LogP contribution is -2.18. The second kappa shape index (κ2) is 6.48. The third-order valence-electron chi connectivity index (χ3n) is 4.68. The van der Waals surface area contributed by atoms with Gasteiger partial charge in [-0.3, -0.25) is 4.79 Å². The van der Waals surface area contributed by atoms with Crippen molar-refractivity contribution in [2.75, 3.05) is 11.1 Å². The van der Waals surface area contributed by atoms with Gasteiger partial charge >= 0.3 is 0 Å². The molecule has 5 nitrogen and oxygen atoms in total. The maximum atomic E-state index is 12.2. The van der Waals surface area contributed by atoms with Gasteiger partial charge in [0.05, 0.1) is 11.5 Å². The van der Waals surface area contributed by atoms with E-state index in [4.69, 9.17) is 4.52 Å². The highest BCUT2D eigenvalue weighted by atomic mass is 32.2. The Morgan fingerprint density at radius 3 is 2.64 bits per heavy atom. The zero-order valence-corrected chi connectivity index (χ0v) is 16.3. The minimum atomic E-state index is -0.0137. The van der Waals surface area contributed by atoms with Gasteiger partial charge in [0, 0.05) is 12.6 Å². The highest BCUT2D eigenvalue weighted by Gasteiger charge is 2.41. The van der Waals surface area contributed by atoms with Crippen LogP contribution in [0, 0.1) is 6.92 Å². The summed E-state index contributed by atoms with van der Waals surface area (Å²) in [6.45, 7) is 10.9. The molecule has 3 rings (SSSR count). The Kier molecular flexibility index (Phi) is 4.66. The number of thioether (sulfide) groups is 1. The number of amides is 1. The smallest absolute Gasteiger partial charge is 0.234 e. The number of benzene rings is 1. The Bertz CT molecular complexity index is 796. The number of aromatic nitrogens is 2. The van der Waals surface area contributed by atoms with Gasteiger partial charge in [0.1, 0.15) is 0 Å². The summed E-state index contributed by atoms with van der Waals surface area (Å²) < 4.78 is 4.92. The molecular formula is C19H25N3O2S. The molecule has 0 saturated heterocycles. The van der Waals surface area contributed by atoms with Crippen LogP contribution in [0.1, 0.15) is 57.0 Å². The van der Waals surface area contributed by atoms with E-state index >= 15 is 0 Å². The van der Waals surface area contributed by atoms with Crippen molar-refractivity contribution in [2.24, 2.45) is 0 Å². The zero-order valence-electron chi connectivity index (χ0n) is 15.5. The number of anilines is 1. The van der Waals surface area contributed by atoms with Crippen molar-refractivity contribution >= 4 is 23.4 Å². The number of aryl methyl sites for hydroxylation is 1. The summed E-state index contributed by atoms with van der Waals surface area (Å²) >= 11 is 1.47. The second-order valence-electron chi connectivity index (χ2n) is 7.98. The minimum Gasteiger partial charge on any atom is -0.340 e. The van der Waals surface area contributed by atoms with Crippen LogP contribution in [0.15, 0.2) is 22.7 Å². The summed E-state index contributed by atoms with van der Waals surface area (Å²) in [4.78, 5) is 16.3. The molecule has 1 aromatic heterocycles. The van der Waals surface area contributed by atoms with Gasteiger partial charge in [0.25, 0.3) is 0 Å². The fourth-order valence-corrected chi connectivity index (χ4v) is 4.56. The Morgan fingerprint density at radius 2 is 1.96 bits per heavy atom. The molecular weight excluding hydrogens is 334 g/mol. The second-order valence-corrected chi connectivity index (χ2v) is 8.96. The van der Waals surface area contributed by atoms with E-state index in [1.807, 2.05) is 6.07 Å². The molecule has 0 spiro atoms. The van der Waals surface area contributed by atoms with Crippen LogP contribution >= 0.6 is 11.8 Å². The van der Waals surface area contributed by atoms with E-state index < -0.39 is 0 Å². The number of nitrogens with one attached hydrogen (secondary N) is 1. The zero-order chi connectivity index (χ0) is 18.2. The van der Waals surface area contributed by atoms with E-state index in [2.05, 4.69) is 55.3 Å². The number of hydrogen-bond acceptors (Lipinski definition) is 5. The SMILES string of the molecule is Cc1nc(CSCC(=O)Nc2ccc3c(c2)C(C)(C)CC3(C)C)no1. The lowest BCUT2D eigenvalue weighted by Gasteiger charge is -2.22. The molecule has 25 heavy (non-hydrogen) atoms. The van der Waals surface area contributed by atoms with Crippen molar-refractivity contribution in [1.29, 1.82) is 0 Å². The Balaban J connectivity index is 1.61. The quantitative estimate of drug-likeness (QED) is 0.866. The molecule has 0 radical (unpaired) electrons. The van der Waals surface area contributed by atoms with Crippen LogP contribution in [0.3, 0.4) is 0 Å². The van der Waals surface area contributed by atoms with E-state index in [9.17, 15) is 4.79 Å². The van der Waals surface area contributed by atoms with Crippen LogP contribution < -0.4 is 5.32 Å². The van der Waals surface area contributed by atoms with E-state index in [-0.39, 0.29) is 16.7 Å². The van der Waals surface area contributed by atoms with Crippen LogP contribution in [0.2, 0.25) is 0 Å². The van der Waals surface area contributed by atoms with Gasteiger partial charge in [-0.2, -0.15) is 4.98 Å². The van der Waals surface area contributed by atoms with E-state index in [0.29, 0.717) is 23.2 Å². The van der Waals surface area contributed by atoms with Gasteiger partial charge in [-0.25, -0.2) is 0 Å². The van der Waals surface area contributed by atoms with Crippen molar-refractivity contribution in [2.45, 2.75) is 57.6 Å². The highest BCUT2D eigenvalue weighted by molar-refractivity contribution is 7.99. The van der Waals surface area contributed by atoms with Gasteiger partial charge in [-0.15, -0.1) is 11.8 Å². The molecule has 0 aliphatic heterocycles. The summed E-state index contributed by atoms with van der Waals surface area (Å²) in [5.41, 5.74) is 3.90. The number of carbonyl (C=O) groups excluding carboxylic acids is 1. The third-order valence-corrected chi connectivity index (χ3v) is 5.61. The van der Waals surface area contributed by atoms with E-state index in [1.54, 1.807) is 6.92 Å². The first-order valence-electron chi connectivity index (χ1n) is 8.49. The molecule has 0 saturated carbocycles. The van der Waals surface area contributed by atoms with Gasteiger partial charge in [-0.1, -0.05) is 38.9 Å². The molecule has 1 aliphatic rings. The maximum absolute atomic E-state index is 12.2. The van der Waals surface area contributed by atoms with Crippen LogP contribution in [0.25, 0.3) is 0 Å². The van der Waals surface area contributed by atoms with Gasteiger partial charge < -0.3 is 9.84 Å². The average Bonchev–Trinajstić information content (AvgIpc) is 2.98. The lowest BCUT2D eigenvalue weighted by molar-refractivity contribution is -0.113.